The SMILES string of the molecule is N#CC1C=CC=C(c2ccncn2)C1(F)c1ccc2[nH]nnc2c1. The number of nitriles is 1. The molecule has 3 aromatic rings. The Morgan fingerprint density at radius 1 is 1.29 bits per heavy atom. The number of nitrogens with zero attached hydrogens (tertiary/aromatic N) is 5. The van der Waals surface area contributed by atoms with Crippen LogP contribution < -0.4 is 0 Å². The Hall–Kier alpha value is -3.40. The quantitative estimate of drug-likeness (QED) is 0.784. The van der Waals surface area contributed by atoms with Crippen molar-refractivity contribution in [1.82, 2.24) is 25.4 Å². The first kappa shape index (κ1) is 14.2. The minimum Gasteiger partial charge on any atom is -0.258 e. The van der Waals surface area contributed by atoms with Crippen LogP contribution >= 0.6 is 0 Å². The molecular formula is C17H11FN6. The van der Waals surface area contributed by atoms with Crippen molar-refractivity contribution in [2.24, 2.45) is 5.92 Å². The Kier molecular flexibility index (Phi) is 3.17. The van der Waals surface area contributed by atoms with Gasteiger partial charge in [0.25, 0.3) is 0 Å². The summed E-state index contributed by atoms with van der Waals surface area (Å²) in [6, 6.07) is 8.62. The molecule has 0 aliphatic heterocycles. The minimum atomic E-state index is -2.04. The van der Waals surface area contributed by atoms with Crippen LogP contribution in [0.2, 0.25) is 0 Å². The highest BCUT2D eigenvalue weighted by molar-refractivity contribution is 5.80. The molecule has 2 atom stereocenters. The van der Waals surface area contributed by atoms with E-state index in [1.807, 2.05) is 6.07 Å². The van der Waals surface area contributed by atoms with E-state index in [0.717, 1.165) is 0 Å². The molecule has 0 fully saturated rings. The van der Waals surface area contributed by atoms with Crippen LogP contribution in [-0.4, -0.2) is 25.4 Å². The fourth-order valence-corrected chi connectivity index (χ4v) is 2.94. The van der Waals surface area contributed by atoms with Crippen molar-refractivity contribution in [1.29, 1.82) is 5.26 Å². The van der Waals surface area contributed by atoms with Crippen molar-refractivity contribution in [3.05, 3.63) is 66.3 Å². The average Bonchev–Trinajstić information content (AvgIpc) is 3.10. The number of H-pyrrole nitrogens is 1. The number of aromatic nitrogens is 5. The Morgan fingerprint density at radius 2 is 2.21 bits per heavy atom. The van der Waals surface area contributed by atoms with Gasteiger partial charge in [0.2, 0.25) is 0 Å². The monoisotopic (exact) mass is 318 g/mol. The van der Waals surface area contributed by atoms with Gasteiger partial charge in [-0.3, -0.25) is 5.10 Å². The van der Waals surface area contributed by atoms with Crippen LogP contribution in [0.25, 0.3) is 16.6 Å². The summed E-state index contributed by atoms with van der Waals surface area (Å²) >= 11 is 0. The molecule has 1 aliphatic rings. The van der Waals surface area contributed by atoms with Gasteiger partial charge in [-0.2, -0.15) is 5.26 Å². The van der Waals surface area contributed by atoms with E-state index in [2.05, 4.69) is 25.4 Å². The number of benzene rings is 1. The second-order valence-electron chi connectivity index (χ2n) is 5.42. The zero-order valence-electron chi connectivity index (χ0n) is 12.4. The molecule has 7 heteroatoms. The van der Waals surface area contributed by atoms with Gasteiger partial charge in [0.05, 0.1) is 17.3 Å². The smallest absolute Gasteiger partial charge is 0.182 e. The molecular weight excluding hydrogens is 307 g/mol. The third-order valence-electron chi connectivity index (χ3n) is 4.13. The Bertz CT molecular complexity index is 1000. The molecule has 2 aromatic heterocycles. The summed E-state index contributed by atoms with van der Waals surface area (Å²) in [5, 5.41) is 19.9. The summed E-state index contributed by atoms with van der Waals surface area (Å²) in [5.74, 6) is -0.975. The zero-order chi connectivity index (χ0) is 16.6. The van der Waals surface area contributed by atoms with E-state index in [0.29, 0.717) is 27.9 Å². The molecule has 2 heterocycles. The van der Waals surface area contributed by atoms with E-state index >= 15 is 4.39 Å². The first-order valence-electron chi connectivity index (χ1n) is 7.28. The molecule has 0 radical (unpaired) electrons. The molecule has 0 amide bonds. The van der Waals surface area contributed by atoms with E-state index in [-0.39, 0.29) is 0 Å². The van der Waals surface area contributed by atoms with Gasteiger partial charge in [-0.1, -0.05) is 29.5 Å². The Labute approximate surface area is 136 Å². The fraction of sp³-hybridized carbons (Fsp3) is 0.118. The summed E-state index contributed by atoms with van der Waals surface area (Å²) in [6.07, 6.45) is 7.78. The van der Waals surface area contributed by atoms with Crippen LogP contribution in [0.4, 0.5) is 4.39 Å². The zero-order valence-corrected chi connectivity index (χ0v) is 12.4. The molecule has 1 aliphatic carbocycles. The van der Waals surface area contributed by atoms with Crippen LogP contribution in [0.15, 0.2) is 55.0 Å². The number of fused-ring (bicyclic) bond motifs is 1. The molecule has 0 saturated carbocycles. The van der Waals surface area contributed by atoms with Crippen molar-refractivity contribution in [2.75, 3.05) is 0 Å². The predicted octanol–water partition coefficient (Wildman–Crippen LogP) is 2.71. The highest BCUT2D eigenvalue weighted by Gasteiger charge is 2.46. The Morgan fingerprint density at radius 3 is 3.00 bits per heavy atom. The van der Waals surface area contributed by atoms with Gasteiger partial charge in [0, 0.05) is 11.8 Å². The third kappa shape index (κ3) is 2.01. The summed E-state index contributed by atoms with van der Waals surface area (Å²) in [6.45, 7) is 0. The first-order chi connectivity index (χ1) is 11.7. The van der Waals surface area contributed by atoms with Gasteiger partial charge in [0.1, 0.15) is 17.8 Å². The van der Waals surface area contributed by atoms with Crippen LogP contribution in [0.1, 0.15) is 11.3 Å². The molecule has 4 rings (SSSR count). The van der Waals surface area contributed by atoms with Crippen molar-refractivity contribution in [2.45, 2.75) is 5.67 Å². The molecule has 0 bridgehead atoms. The highest BCUT2D eigenvalue weighted by atomic mass is 19.1. The maximum Gasteiger partial charge on any atom is 0.182 e. The van der Waals surface area contributed by atoms with E-state index in [4.69, 9.17) is 0 Å². The van der Waals surface area contributed by atoms with Crippen molar-refractivity contribution < 1.29 is 4.39 Å². The molecule has 0 saturated heterocycles. The lowest BCUT2D eigenvalue weighted by molar-refractivity contribution is 0.209. The topological polar surface area (TPSA) is 91.1 Å². The molecule has 0 spiro atoms. The molecule has 6 nitrogen and oxygen atoms in total. The fourth-order valence-electron chi connectivity index (χ4n) is 2.94. The summed E-state index contributed by atoms with van der Waals surface area (Å²) in [5.41, 5.74) is 0.307. The maximum atomic E-state index is 16.3. The van der Waals surface area contributed by atoms with Gasteiger partial charge >= 0.3 is 0 Å². The maximum absolute atomic E-state index is 16.3. The van der Waals surface area contributed by atoms with Crippen LogP contribution in [-0.2, 0) is 5.67 Å². The molecule has 2 unspecified atom stereocenters. The van der Waals surface area contributed by atoms with Gasteiger partial charge in [-0.15, -0.1) is 5.10 Å². The van der Waals surface area contributed by atoms with E-state index in [1.165, 1.54) is 6.33 Å². The first-order valence-corrected chi connectivity index (χ1v) is 7.28. The van der Waals surface area contributed by atoms with E-state index < -0.39 is 11.6 Å². The number of rotatable bonds is 2. The second kappa shape index (κ2) is 5.35. The van der Waals surface area contributed by atoms with Crippen molar-refractivity contribution in [3.63, 3.8) is 0 Å². The normalized spacial score (nSPS) is 23.0. The van der Waals surface area contributed by atoms with Crippen LogP contribution in [0.5, 0.6) is 0 Å². The van der Waals surface area contributed by atoms with Gasteiger partial charge in [-0.25, -0.2) is 14.4 Å². The Balaban J connectivity index is 1.94. The van der Waals surface area contributed by atoms with Crippen molar-refractivity contribution in [3.8, 4) is 6.07 Å². The van der Waals surface area contributed by atoms with Gasteiger partial charge < -0.3 is 0 Å². The molecule has 24 heavy (non-hydrogen) atoms. The lowest BCUT2D eigenvalue weighted by atomic mass is 9.74. The molecule has 1 N–H and O–H groups in total. The summed E-state index contributed by atoms with van der Waals surface area (Å²) < 4.78 is 16.3. The predicted molar refractivity (Wildman–Crippen MR) is 84.9 cm³/mol. The average molecular weight is 318 g/mol. The standard InChI is InChI=1S/C17H11FN6/c18-17(11-4-5-15-16(8-11)23-24-22-15)12(9-19)2-1-3-13(17)14-6-7-20-10-21-14/h1-8,10,12H,(H,22,23,24). The summed E-state index contributed by atoms with van der Waals surface area (Å²) in [4.78, 5) is 8.02. The number of alkyl halides is 1. The number of nitrogens with one attached hydrogen (secondary N) is 1. The number of halogens is 1. The van der Waals surface area contributed by atoms with Crippen LogP contribution in [0.3, 0.4) is 0 Å². The van der Waals surface area contributed by atoms with Gasteiger partial charge in [0.15, 0.2) is 5.67 Å². The number of hydrogen-bond acceptors (Lipinski definition) is 5. The lowest BCUT2D eigenvalue weighted by Crippen LogP contribution is -2.32. The largest absolute Gasteiger partial charge is 0.258 e. The molecule has 1 aromatic carbocycles. The number of aromatic amines is 1. The van der Waals surface area contributed by atoms with Gasteiger partial charge in [-0.05, 0) is 23.8 Å². The van der Waals surface area contributed by atoms with E-state index in [1.54, 1.807) is 48.7 Å². The molecule has 116 valence electrons. The summed E-state index contributed by atoms with van der Waals surface area (Å²) in [7, 11) is 0. The second-order valence-corrected chi connectivity index (χ2v) is 5.42. The van der Waals surface area contributed by atoms with Crippen LogP contribution in [0, 0.1) is 17.2 Å². The lowest BCUT2D eigenvalue weighted by Gasteiger charge is -2.33. The highest BCUT2D eigenvalue weighted by Crippen LogP contribution is 2.48. The number of allylic oxidation sites excluding steroid dienone is 4. The van der Waals surface area contributed by atoms with E-state index in [9.17, 15) is 5.26 Å². The van der Waals surface area contributed by atoms with Crippen molar-refractivity contribution >= 4 is 16.6 Å². The third-order valence-corrected chi connectivity index (χ3v) is 4.13. The number of hydrogen-bond donors (Lipinski definition) is 1. The minimum absolute atomic E-state index is 0.321.